The number of anilines is 1. The first-order valence-electron chi connectivity index (χ1n) is 10.3. The fraction of sp³-hybridized carbons (Fsp3) is 0.167. The summed E-state index contributed by atoms with van der Waals surface area (Å²) in [5.41, 5.74) is 2.76. The summed E-state index contributed by atoms with van der Waals surface area (Å²) in [6, 6.07) is 13.4. The molecule has 0 fully saturated rings. The van der Waals surface area contributed by atoms with Gasteiger partial charge in [-0.2, -0.15) is 0 Å². The van der Waals surface area contributed by atoms with E-state index in [-0.39, 0.29) is 25.3 Å². The van der Waals surface area contributed by atoms with Crippen molar-refractivity contribution >= 4 is 29.1 Å². The molecule has 174 valence electrons. The lowest BCUT2D eigenvalue weighted by atomic mass is 10.1. The normalized spacial score (nSPS) is 10.8. The number of amides is 1. The molecule has 2 aromatic heterocycles. The number of nitrogens with one attached hydrogen (secondary N) is 1. The topological polar surface area (TPSA) is 115 Å². The lowest BCUT2D eigenvalue weighted by Crippen LogP contribution is -2.16. The van der Waals surface area contributed by atoms with Gasteiger partial charge in [-0.1, -0.05) is 47.6 Å². The minimum absolute atomic E-state index is 0.00894. The van der Waals surface area contributed by atoms with Crippen LogP contribution in [0.2, 0.25) is 0 Å². The maximum Gasteiger partial charge on any atom is 0.411 e. The average molecular weight is 482 g/mol. The molecule has 2 heterocycles. The van der Waals surface area contributed by atoms with Crippen molar-refractivity contribution in [3.8, 4) is 21.1 Å². The predicted molar refractivity (Wildman–Crippen MR) is 124 cm³/mol. The van der Waals surface area contributed by atoms with Crippen molar-refractivity contribution < 1.29 is 28.3 Å². The van der Waals surface area contributed by atoms with Crippen LogP contribution in [0.5, 0.6) is 0 Å². The second kappa shape index (κ2) is 10.3. The van der Waals surface area contributed by atoms with E-state index in [1.165, 1.54) is 17.4 Å². The van der Waals surface area contributed by atoms with Gasteiger partial charge in [0.1, 0.15) is 22.2 Å². The lowest BCUT2D eigenvalue weighted by Gasteiger charge is -2.07. The van der Waals surface area contributed by atoms with Gasteiger partial charge in [-0.05, 0) is 24.1 Å². The Hall–Kier alpha value is -4.05. The molecule has 4 aromatic rings. The molecule has 8 nitrogen and oxygen atoms in total. The molecule has 0 saturated carbocycles. The molecule has 0 aliphatic heterocycles. The van der Waals surface area contributed by atoms with Crippen LogP contribution in [0.1, 0.15) is 16.9 Å². The summed E-state index contributed by atoms with van der Waals surface area (Å²) in [5, 5.41) is 16.3. The zero-order chi connectivity index (χ0) is 24.1. The number of rotatable bonds is 8. The van der Waals surface area contributed by atoms with Crippen molar-refractivity contribution in [3.63, 3.8) is 0 Å². The molecule has 0 saturated heterocycles. The number of hydrogen-bond donors (Lipinski definition) is 2. The largest absolute Gasteiger partial charge is 0.481 e. The van der Waals surface area contributed by atoms with Crippen LogP contribution in [0.3, 0.4) is 0 Å². The Kier molecular flexibility index (Phi) is 6.98. The van der Waals surface area contributed by atoms with Crippen molar-refractivity contribution in [1.29, 1.82) is 0 Å². The fourth-order valence-electron chi connectivity index (χ4n) is 3.24. The van der Waals surface area contributed by atoms with E-state index >= 15 is 0 Å². The number of thiazole rings is 1. The van der Waals surface area contributed by atoms with E-state index in [9.17, 15) is 14.0 Å². The lowest BCUT2D eigenvalue weighted by molar-refractivity contribution is -0.136. The summed E-state index contributed by atoms with van der Waals surface area (Å²) in [7, 11) is 0. The molecule has 0 bridgehead atoms. The molecule has 1 amide bonds. The third kappa shape index (κ3) is 5.46. The highest BCUT2D eigenvalue weighted by atomic mass is 32.1. The summed E-state index contributed by atoms with van der Waals surface area (Å²) in [5.74, 6) is -0.841. The number of aryl methyl sites for hydroxylation is 1. The van der Waals surface area contributed by atoms with E-state index < -0.39 is 12.1 Å². The van der Waals surface area contributed by atoms with Gasteiger partial charge in [0.25, 0.3) is 0 Å². The molecule has 0 spiro atoms. The number of carbonyl (C=O) groups excluding carboxylic acids is 1. The smallest absolute Gasteiger partial charge is 0.411 e. The fourth-order valence-corrected chi connectivity index (χ4v) is 4.15. The van der Waals surface area contributed by atoms with E-state index in [0.29, 0.717) is 38.2 Å². The Bertz CT molecular complexity index is 1320. The standard InChI is InChI=1S/C24H20FN3O5S/c1-14-21(27-24(31)32-11-10-16-4-2-3-5-18(16)25)22(28-33-14)19-13-26-23(34-19)17-8-6-15(7-9-17)12-20(29)30/h2-9,13H,10-12H2,1H3,(H,27,31)(H,29,30). The first-order chi connectivity index (χ1) is 16.4. The summed E-state index contributed by atoms with van der Waals surface area (Å²) < 4.78 is 24.2. The Morgan fingerprint density at radius 1 is 1.18 bits per heavy atom. The number of carbonyl (C=O) groups is 2. The van der Waals surface area contributed by atoms with Crippen LogP contribution in [0.15, 0.2) is 59.3 Å². The Labute approximate surface area is 198 Å². The molecule has 0 aliphatic carbocycles. The Morgan fingerprint density at radius 2 is 1.94 bits per heavy atom. The number of benzene rings is 2. The number of carboxylic acids is 1. The van der Waals surface area contributed by atoms with Gasteiger partial charge in [-0.15, -0.1) is 11.3 Å². The highest BCUT2D eigenvalue weighted by Gasteiger charge is 2.20. The number of aliphatic carboxylic acids is 1. The third-order valence-electron chi connectivity index (χ3n) is 4.95. The molecule has 0 atom stereocenters. The summed E-state index contributed by atoms with van der Waals surface area (Å²) >= 11 is 1.35. The van der Waals surface area contributed by atoms with Gasteiger partial charge in [-0.25, -0.2) is 14.2 Å². The van der Waals surface area contributed by atoms with Gasteiger partial charge in [0.05, 0.1) is 17.9 Å². The van der Waals surface area contributed by atoms with Crippen LogP contribution in [0, 0.1) is 12.7 Å². The van der Waals surface area contributed by atoms with Crippen molar-refractivity contribution in [3.05, 3.63) is 77.4 Å². The number of hydrogen-bond acceptors (Lipinski definition) is 7. The second-order valence-corrected chi connectivity index (χ2v) is 8.39. The zero-order valence-corrected chi connectivity index (χ0v) is 18.9. The van der Waals surface area contributed by atoms with Crippen LogP contribution in [-0.2, 0) is 22.4 Å². The maximum absolute atomic E-state index is 13.7. The first kappa shape index (κ1) is 23.1. The average Bonchev–Trinajstić information content (AvgIpc) is 3.43. The summed E-state index contributed by atoms with van der Waals surface area (Å²) in [6.07, 6.45) is 1.12. The third-order valence-corrected chi connectivity index (χ3v) is 6.00. The highest BCUT2D eigenvalue weighted by Crippen LogP contribution is 2.36. The molecule has 10 heteroatoms. The van der Waals surface area contributed by atoms with E-state index in [0.717, 1.165) is 5.56 Å². The van der Waals surface area contributed by atoms with Crippen LogP contribution in [0.4, 0.5) is 14.9 Å². The monoisotopic (exact) mass is 481 g/mol. The molecule has 2 aromatic carbocycles. The molecule has 0 aliphatic rings. The molecule has 0 radical (unpaired) electrons. The number of ether oxygens (including phenoxy) is 1. The second-order valence-electron chi connectivity index (χ2n) is 7.36. The Morgan fingerprint density at radius 3 is 2.68 bits per heavy atom. The predicted octanol–water partition coefficient (Wildman–Crippen LogP) is 5.33. The molecule has 34 heavy (non-hydrogen) atoms. The van der Waals surface area contributed by atoms with E-state index in [4.69, 9.17) is 14.4 Å². The number of halogens is 1. The molecular weight excluding hydrogens is 461 g/mol. The molecular formula is C24H20FN3O5S. The van der Waals surface area contributed by atoms with Crippen molar-refractivity contribution in [2.75, 3.05) is 11.9 Å². The van der Waals surface area contributed by atoms with Gasteiger partial charge >= 0.3 is 12.1 Å². The highest BCUT2D eigenvalue weighted by molar-refractivity contribution is 7.18. The molecule has 4 rings (SSSR count). The van der Waals surface area contributed by atoms with Crippen LogP contribution >= 0.6 is 11.3 Å². The SMILES string of the molecule is Cc1onc(-c2cnc(-c3ccc(CC(=O)O)cc3)s2)c1NC(=O)OCCc1ccccc1F. The van der Waals surface area contributed by atoms with Crippen LogP contribution < -0.4 is 5.32 Å². The quantitative estimate of drug-likeness (QED) is 0.349. The van der Waals surface area contributed by atoms with Crippen LogP contribution in [0.25, 0.3) is 21.1 Å². The summed E-state index contributed by atoms with van der Waals surface area (Å²) in [4.78, 5) is 28.2. The number of aromatic nitrogens is 2. The summed E-state index contributed by atoms with van der Waals surface area (Å²) in [6.45, 7) is 1.67. The van der Waals surface area contributed by atoms with Gasteiger partial charge in [0.15, 0.2) is 5.76 Å². The van der Waals surface area contributed by atoms with Crippen molar-refractivity contribution in [1.82, 2.24) is 10.1 Å². The van der Waals surface area contributed by atoms with E-state index in [2.05, 4.69) is 15.5 Å². The van der Waals surface area contributed by atoms with Gasteiger partial charge in [0, 0.05) is 18.2 Å². The Balaban J connectivity index is 1.42. The van der Waals surface area contributed by atoms with Crippen molar-refractivity contribution in [2.45, 2.75) is 19.8 Å². The van der Waals surface area contributed by atoms with E-state index in [1.54, 1.807) is 55.6 Å². The van der Waals surface area contributed by atoms with Gasteiger partial charge < -0.3 is 14.4 Å². The molecule has 0 unspecified atom stereocenters. The molecule has 2 N–H and O–H groups in total. The maximum atomic E-state index is 13.7. The van der Waals surface area contributed by atoms with Crippen molar-refractivity contribution in [2.24, 2.45) is 0 Å². The number of carboxylic acid groups (broad SMARTS) is 1. The minimum atomic E-state index is -0.892. The van der Waals surface area contributed by atoms with E-state index in [1.807, 2.05) is 0 Å². The minimum Gasteiger partial charge on any atom is -0.481 e. The first-order valence-corrected chi connectivity index (χ1v) is 11.1. The zero-order valence-electron chi connectivity index (χ0n) is 18.1. The number of nitrogens with zero attached hydrogens (tertiary/aromatic N) is 2. The van der Waals surface area contributed by atoms with Gasteiger partial charge in [-0.3, -0.25) is 10.1 Å². The van der Waals surface area contributed by atoms with Crippen LogP contribution in [-0.4, -0.2) is 33.9 Å². The van der Waals surface area contributed by atoms with Gasteiger partial charge in [0.2, 0.25) is 0 Å².